The van der Waals surface area contributed by atoms with E-state index in [2.05, 4.69) is 29.8 Å². The SMILES string of the molecule is CCCC(=NN1CCCC[Si]1(C)C)C(C)=O. The summed E-state index contributed by atoms with van der Waals surface area (Å²) in [6.07, 6.45) is 4.36. The van der Waals surface area contributed by atoms with Crippen LogP contribution in [0, 0.1) is 0 Å². The molecule has 0 amide bonds. The Balaban J connectivity index is 2.81. The van der Waals surface area contributed by atoms with Crippen LogP contribution in [0.1, 0.15) is 39.5 Å². The molecule has 0 unspecified atom stereocenters. The van der Waals surface area contributed by atoms with E-state index >= 15 is 0 Å². The van der Waals surface area contributed by atoms with E-state index in [0.29, 0.717) is 0 Å². The first kappa shape index (κ1) is 13.4. The van der Waals surface area contributed by atoms with Gasteiger partial charge in [0.05, 0.1) is 0 Å². The highest BCUT2D eigenvalue weighted by atomic mass is 28.3. The summed E-state index contributed by atoms with van der Waals surface area (Å²) in [6, 6.07) is 1.30. The number of ketones is 1. The minimum absolute atomic E-state index is 0.136. The highest BCUT2D eigenvalue weighted by Crippen LogP contribution is 2.25. The number of hydrazone groups is 1. The van der Waals surface area contributed by atoms with E-state index in [1.165, 1.54) is 18.9 Å². The normalized spacial score (nSPS) is 21.0. The summed E-state index contributed by atoms with van der Waals surface area (Å²) in [5, 5.41) is 4.64. The molecule has 0 aromatic heterocycles. The zero-order chi connectivity index (χ0) is 12.2. The van der Waals surface area contributed by atoms with Crippen LogP contribution in [-0.2, 0) is 4.79 Å². The minimum Gasteiger partial charge on any atom is -0.324 e. The quantitative estimate of drug-likeness (QED) is 0.559. The zero-order valence-electron chi connectivity index (χ0n) is 11.0. The molecule has 0 saturated carbocycles. The molecule has 4 heteroatoms. The van der Waals surface area contributed by atoms with Gasteiger partial charge in [0.15, 0.2) is 14.0 Å². The summed E-state index contributed by atoms with van der Waals surface area (Å²) in [6.45, 7) is 9.46. The number of carbonyl (C=O) groups is 1. The van der Waals surface area contributed by atoms with Crippen LogP contribution >= 0.6 is 0 Å². The first-order valence-corrected chi connectivity index (χ1v) is 9.49. The van der Waals surface area contributed by atoms with Gasteiger partial charge in [-0.1, -0.05) is 32.9 Å². The summed E-state index contributed by atoms with van der Waals surface area (Å²) in [4.78, 5) is 11.5. The fourth-order valence-corrected chi connectivity index (χ4v) is 4.64. The molecule has 1 rings (SSSR count). The molecule has 1 heterocycles. The second-order valence-corrected chi connectivity index (χ2v) is 9.89. The molecule has 0 radical (unpaired) electrons. The maximum atomic E-state index is 11.5. The van der Waals surface area contributed by atoms with Gasteiger partial charge < -0.3 is 4.67 Å². The third-order valence-electron chi connectivity index (χ3n) is 3.24. The van der Waals surface area contributed by atoms with E-state index in [-0.39, 0.29) is 5.78 Å². The van der Waals surface area contributed by atoms with Gasteiger partial charge in [-0.15, -0.1) is 0 Å². The molecular weight excluding hydrogens is 216 g/mol. The Labute approximate surface area is 100.0 Å². The average molecular weight is 240 g/mol. The van der Waals surface area contributed by atoms with Crippen LogP contribution in [0.25, 0.3) is 0 Å². The van der Waals surface area contributed by atoms with Crippen molar-refractivity contribution in [3.63, 3.8) is 0 Å². The molecule has 1 aliphatic heterocycles. The predicted molar refractivity (Wildman–Crippen MR) is 71.3 cm³/mol. The van der Waals surface area contributed by atoms with E-state index in [1.54, 1.807) is 6.92 Å². The average Bonchev–Trinajstić information content (AvgIpc) is 2.19. The van der Waals surface area contributed by atoms with Gasteiger partial charge in [-0.3, -0.25) is 4.79 Å². The van der Waals surface area contributed by atoms with Crippen LogP contribution < -0.4 is 0 Å². The van der Waals surface area contributed by atoms with Crippen LogP contribution in [0.5, 0.6) is 0 Å². The van der Waals surface area contributed by atoms with E-state index in [9.17, 15) is 4.79 Å². The third-order valence-corrected chi connectivity index (χ3v) is 6.54. The van der Waals surface area contributed by atoms with Gasteiger partial charge in [0.1, 0.15) is 5.71 Å². The molecule has 1 aliphatic rings. The highest BCUT2D eigenvalue weighted by molar-refractivity contribution is 6.74. The van der Waals surface area contributed by atoms with Crippen molar-refractivity contribution in [2.24, 2.45) is 5.10 Å². The van der Waals surface area contributed by atoms with Gasteiger partial charge in [0.25, 0.3) is 0 Å². The lowest BCUT2D eigenvalue weighted by molar-refractivity contribution is -0.111. The molecule has 0 aromatic carbocycles. The van der Waals surface area contributed by atoms with Crippen LogP contribution in [0.4, 0.5) is 0 Å². The maximum Gasteiger partial charge on any atom is 0.175 e. The van der Waals surface area contributed by atoms with Crippen molar-refractivity contribution in [3.8, 4) is 0 Å². The molecule has 0 aromatic rings. The number of carbonyl (C=O) groups excluding carboxylic acids is 1. The van der Waals surface area contributed by atoms with Gasteiger partial charge >= 0.3 is 0 Å². The van der Waals surface area contributed by atoms with E-state index in [0.717, 1.165) is 25.1 Å². The monoisotopic (exact) mass is 240 g/mol. The Hall–Kier alpha value is -0.643. The Bertz CT molecular complexity index is 287. The maximum absolute atomic E-state index is 11.5. The number of hydrogen-bond acceptors (Lipinski definition) is 3. The van der Waals surface area contributed by atoms with Crippen molar-refractivity contribution in [1.29, 1.82) is 0 Å². The van der Waals surface area contributed by atoms with Crippen molar-refractivity contribution >= 4 is 19.7 Å². The number of hydrogen-bond donors (Lipinski definition) is 0. The molecular formula is C12H24N2OSi. The Kier molecular flexibility index (Phi) is 4.71. The van der Waals surface area contributed by atoms with Gasteiger partial charge in [-0.2, -0.15) is 5.10 Å². The molecule has 0 N–H and O–H groups in total. The third kappa shape index (κ3) is 3.44. The molecule has 1 fully saturated rings. The van der Waals surface area contributed by atoms with Gasteiger partial charge in [-0.25, -0.2) is 0 Å². The lowest BCUT2D eigenvalue weighted by Gasteiger charge is -2.39. The lowest BCUT2D eigenvalue weighted by Crippen LogP contribution is -2.49. The van der Waals surface area contributed by atoms with Crippen molar-refractivity contribution in [1.82, 2.24) is 4.67 Å². The highest BCUT2D eigenvalue weighted by Gasteiger charge is 2.32. The van der Waals surface area contributed by atoms with Gasteiger partial charge in [-0.05, 0) is 18.9 Å². The second-order valence-electron chi connectivity index (χ2n) is 5.25. The van der Waals surface area contributed by atoms with Crippen molar-refractivity contribution < 1.29 is 4.79 Å². The Morgan fingerprint density at radius 1 is 1.38 bits per heavy atom. The number of rotatable bonds is 4. The molecule has 0 spiro atoms. The molecule has 16 heavy (non-hydrogen) atoms. The smallest absolute Gasteiger partial charge is 0.175 e. The standard InChI is InChI=1S/C12H24N2OSi/c1-5-8-12(11(2)15)13-14-9-6-7-10-16(14,3)4/h5-10H2,1-4H3. The fourth-order valence-electron chi connectivity index (χ4n) is 2.12. The second kappa shape index (κ2) is 5.62. The Morgan fingerprint density at radius 3 is 2.56 bits per heavy atom. The van der Waals surface area contributed by atoms with E-state index < -0.39 is 8.24 Å². The summed E-state index contributed by atoms with van der Waals surface area (Å²) < 4.78 is 2.25. The van der Waals surface area contributed by atoms with E-state index in [1.807, 2.05) is 0 Å². The topological polar surface area (TPSA) is 32.7 Å². The molecule has 1 saturated heterocycles. The van der Waals surface area contributed by atoms with Crippen molar-refractivity contribution in [2.45, 2.75) is 58.7 Å². The molecule has 92 valence electrons. The fraction of sp³-hybridized carbons (Fsp3) is 0.833. The molecule has 0 atom stereocenters. The van der Waals surface area contributed by atoms with Gasteiger partial charge in [0, 0.05) is 13.5 Å². The van der Waals surface area contributed by atoms with Crippen LogP contribution in [0.2, 0.25) is 19.1 Å². The van der Waals surface area contributed by atoms with Crippen molar-refractivity contribution in [3.05, 3.63) is 0 Å². The summed E-state index contributed by atoms with van der Waals surface area (Å²) in [5.74, 6) is 0.136. The largest absolute Gasteiger partial charge is 0.324 e. The lowest BCUT2D eigenvalue weighted by atomic mass is 10.2. The van der Waals surface area contributed by atoms with Gasteiger partial charge in [0.2, 0.25) is 0 Å². The number of Topliss-reactive ketones (excluding diaryl/α,β-unsaturated/α-hetero) is 1. The predicted octanol–water partition coefficient (Wildman–Crippen LogP) is 3.03. The van der Waals surface area contributed by atoms with Crippen LogP contribution in [0.3, 0.4) is 0 Å². The van der Waals surface area contributed by atoms with Crippen LogP contribution in [-0.4, -0.2) is 30.9 Å². The van der Waals surface area contributed by atoms with Crippen LogP contribution in [0.15, 0.2) is 5.10 Å². The molecule has 3 nitrogen and oxygen atoms in total. The zero-order valence-corrected chi connectivity index (χ0v) is 12.0. The van der Waals surface area contributed by atoms with Crippen molar-refractivity contribution in [2.75, 3.05) is 6.54 Å². The molecule has 0 bridgehead atoms. The minimum atomic E-state index is -1.36. The summed E-state index contributed by atoms with van der Waals surface area (Å²) in [7, 11) is -1.36. The first-order valence-electron chi connectivity index (χ1n) is 6.33. The summed E-state index contributed by atoms with van der Waals surface area (Å²) in [5.41, 5.74) is 0.768. The molecule has 0 aliphatic carbocycles. The van der Waals surface area contributed by atoms with E-state index in [4.69, 9.17) is 0 Å². The summed E-state index contributed by atoms with van der Waals surface area (Å²) >= 11 is 0. The number of nitrogens with zero attached hydrogens (tertiary/aromatic N) is 2. The Morgan fingerprint density at radius 2 is 2.06 bits per heavy atom. The first-order chi connectivity index (χ1) is 7.47.